The van der Waals surface area contributed by atoms with Gasteiger partial charge in [0.05, 0.1) is 20.6 Å². The van der Waals surface area contributed by atoms with Gasteiger partial charge in [-0.15, -0.1) is 0 Å². The maximum absolute atomic E-state index is 12.9. The summed E-state index contributed by atoms with van der Waals surface area (Å²) in [6.07, 6.45) is 1.38. The number of ketones is 1. The molecule has 0 N–H and O–H groups in total. The molecule has 0 atom stereocenters. The van der Waals surface area contributed by atoms with E-state index < -0.39 is 5.60 Å². The Morgan fingerprint density at radius 3 is 2.54 bits per heavy atom. The average Bonchev–Trinajstić information content (AvgIpc) is 3.13. The van der Waals surface area contributed by atoms with Crippen molar-refractivity contribution in [1.82, 2.24) is 4.90 Å². The Bertz CT molecular complexity index is 929. The van der Waals surface area contributed by atoms with Crippen LogP contribution in [0, 0.1) is 0 Å². The van der Waals surface area contributed by atoms with E-state index in [1.165, 1.54) is 7.11 Å². The average molecular weight is 450 g/mol. The van der Waals surface area contributed by atoms with Crippen LogP contribution in [-0.4, -0.2) is 49.5 Å². The largest absolute Gasteiger partial charge is 0.496 e. The molecule has 1 spiro atoms. The lowest BCUT2D eigenvalue weighted by molar-refractivity contribution is -0.00683. The van der Waals surface area contributed by atoms with Crippen molar-refractivity contribution >= 4 is 27.6 Å². The van der Waals surface area contributed by atoms with E-state index in [0.717, 1.165) is 0 Å². The molecule has 1 fully saturated rings. The van der Waals surface area contributed by atoms with E-state index in [1.54, 1.807) is 36.3 Å². The molecule has 2 aromatic rings. The number of rotatable bonds is 3. The number of carbonyl (C=O) groups is 2. The number of piperidine rings is 1. The van der Waals surface area contributed by atoms with Crippen LogP contribution >= 0.6 is 15.9 Å². The first-order valence-corrected chi connectivity index (χ1v) is 9.77. The van der Waals surface area contributed by atoms with Gasteiger partial charge in [0.1, 0.15) is 28.4 Å². The van der Waals surface area contributed by atoms with Gasteiger partial charge in [-0.25, -0.2) is 0 Å². The molecular weight excluding hydrogens is 430 g/mol. The van der Waals surface area contributed by atoms with Crippen molar-refractivity contribution in [2.75, 3.05) is 27.3 Å². The number of Topliss-reactive ketones (excluding diaryl/α,β-unsaturated/α-hetero) is 1. The number of hydrogen-bond acceptors (Lipinski definition) is 6. The SMILES string of the molecule is COc1cc(OC)c2c(c1)OC1(CCN(C(=O)c3ccc(Br)o3)CC1)CC2=O. The van der Waals surface area contributed by atoms with Crippen molar-refractivity contribution in [1.29, 1.82) is 0 Å². The van der Waals surface area contributed by atoms with Crippen molar-refractivity contribution in [2.24, 2.45) is 0 Å². The number of likely N-dealkylation sites (tertiary alicyclic amines) is 1. The summed E-state index contributed by atoms with van der Waals surface area (Å²) in [4.78, 5) is 27.2. The van der Waals surface area contributed by atoms with Crippen molar-refractivity contribution < 1.29 is 28.2 Å². The van der Waals surface area contributed by atoms with E-state index in [-0.39, 0.29) is 18.1 Å². The molecule has 2 aliphatic rings. The van der Waals surface area contributed by atoms with E-state index >= 15 is 0 Å². The normalized spacial score (nSPS) is 17.8. The maximum atomic E-state index is 12.9. The standard InChI is InChI=1S/C20H20BrNO6/c1-25-12-9-15(26-2)18-13(23)11-20(28-16(18)10-12)5-7-22(8-6-20)19(24)14-3-4-17(21)27-14/h3-4,9-10H,5-8,11H2,1-2H3. The molecule has 0 unspecified atom stereocenters. The minimum Gasteiger partial charge on any atom is -0.496 e. The molecule has 2 aliphatic heterocycles. The molecule has 1 aromatic carbocycles. The first kappa shape index (κ1) is 18.9. The lowest BCUT2D eigenvalue weighted by Crippen LogP contribution is -2.52. The molecular formula is C20H20BrNO6. The summed E-state index contributed by atoms with van der Waals surface area (Å²) in [5.41, 5.74) is -0.171. The van der Waals surface area contributed by atoms with Gasteiger partial charge < -0.3 is 23.5 Å². The Hall–Kier alpha value is -2.48. The quantitative estimate of drug-likeness (QED) is 0.710. The number of carbonyl (C=O) groups excluding carboxylic acids is 2. The molecule has 0 radical (unpaired) electrons. The fourth-order valence-electron chi connectivity index (χ4n) is 3.83. The monoisotopic (exact) mass is 449 g/mol. The molecule has 1 amide bonds. The van der Waals surface area contributed by atoms with Gasteiger partial charge in [0.2, 0.25) is 0 Å². The zero-order chi connectivity index (χ0) is 19.9. The molecule has 28 heavy (non-hydrogen) atoms. The fraction of sp³-hybridized carbons (Fsp3) is 0.400. The van der Waals surface area contributed by atoms with Gasteiger partial charge in [-0.05, 0) is 28.1 Å². The second-order valence-electron chi connectivity index (χ2n) is 6.98. The van der Waals surface area contributed by atoms with Gasteiger partial charge in [-0.2, -0.15) is 0 Å². The zero-order valence-corrected chi connectivity index (χ0v) is 17.2. The van der Waals surface area contributed by atoms with Crippen LogP contribution in [0.25, 0.3) is 0 Å². The highest BCUT2D eigenvalue weighted by molar-refractivity contribution is 9.10. The maximum Gasteiger partial charge on any atom is 0.289 e. The molecule has 3 heterocycles. The number of benzene rings is 1. The Labute approximate surface area is 170 Å². The van der Waals surface area contributed by atoms with Crippen LogP contribution in [0.3, 0.4) is 0 Å². The predicted octanol–water partition coefficient (Wildman–Crippen LogP) is 3.70. The van der Waals surface area contributed by atoms with E-state index in [0.29, 0.717) is 59.2 Å². The lowest BCUT2D eigenvalue weighted by atomic mass is 9.82. The number of hydrogen-bond donors (Lipinski definition) is 0. The summed E-state index contributed by atoms with van der Waals surface area (Å²) < 4.78 is 22.8. The summed E-state index contributed by atoms with van der Waals surface area (Å²) in [6.45, 7) is 0.974. The number of fused-ring (bicyclic) bond motifs is 1. The topological polar surface area (TPSA) is 78.2 Å². The third-order valence-corrected chi connectivity index (χ3v) is 5.76. The van der Waals surface area contributed by atoms with E-state index in [4.69, 9.17) is 18.6 Å². The van der Waals surface area contributed by atoms with Crippen molar-refractivity contribution in [3.63, 3.8) is 0 Å². The Morgan fingerprint density at radius 2 is 1.93 bits per heavy atom. The molecule has 8 heteroatoms. The number of furan rings is 1. The van der Waals surface area contributed by atoms with Gasteiger partial charge in [-0.1, -0.05) is 0 Å². The molecule has 1 saturated heterocycles. The molecule has 4 rings (SSSR count). The van der Waals surface area contributed by atoms with Crippen LogP contribution in [0.1, 0.15) is 40.2 Å². The summed E-state index contributed by atoms with van der Waals surface area (Å²) >= 11 is 3.21. The van der Waals surface area contributed by atoms with E-state index in [1.807, 2.05) is 0 Å². The van der Waals surface area contributed by atoms with Crippen LogP contribution in [-0.2, 0) is 0 Å². The Morgan fingerprint density at radius 1 is 1.18 bits per heavy atom. The number of halogens is 1. The number of amides is 1. The highest BCUT2D eigenvalue weighted by atomic mass is 79.9. The predicted molar refractivity (Wildman–Crippen MR) is 103 cm³/mol. The summed E-state index contributed by atoms with van der Waals surface area (Å²) in [7, 11) is 3.07. The molecule has 0 aliphatic carbocycles. The number of nitrogens with zero attached hydrogens (tertiary/aromatic N) is 1. The van der Waals surface area contributed by atoms with Gasteiger partial charge in [0.15, 0.2) is 16.2 Å². The van der Waals surface area contributed by atoms with Crippen LogP contribution < -0.4 is 14.2 Å². The fourth-order valence-corrected chi connectivity index (χ4v) is 4.14. The van der Waals surface area contributed by atoms with Gasteiger partial charge in [-0.3, -0.25) is 9.59 Å². The number of ether oxygens (including phenoxy) is 3. The van der Waals surface area contributed by atoms with Crippen LogP contribution in [0.5, 0.6) is 17.2 Å². The summed E-state index contributed by atoms with van der Waals surface area (Å²) in [5, 5.41) is 0. The minimum absolute atomic E-state index is 0.0181. The molecule has 1 aromatic heterocycles. The third kappa shape index (κ3) is 3.26. The van der Waals surface area contributed by atoms with Crippen LogP contribution in [0.4, 0.5) is 0 Å². The minimum atomic E-state index is -0.623. The van der Waals surface area contributed by atoms with Crippen LogP contribution in [0.2, 0.25) is 0 Å². The molecule has 0 saturated carbocycles. The van der Waals surface area contributed by atoms with Crippen molar-refractivity contribution in [3.05, 3.63) is 40.3 Å². The summed E-state index contributed by atoms with van der Waals surface area (Å²) in [5.74, 6) is 1.61. The first-order chi connectivity index (χ1) is 13.4. The third-order valence-electron chi connectivity index (χ3n) is 5.33. The van der Waals surface area contributed by atoms with Crippen LogP contribution in [0.15, 0.2) is 33.4 Å². The van der Waals surface area contributed by atoms with Crippen molar-refractivity contribution in [3.8, 4) is 17.2 Å². The lowest BCUT2D eigenvalue weighted by Gasteiger charge is -2.44. The van der Waals surface area contributed by atoms with Crippen molar-refractivity contribution in [2.45, 2.75) is 24.9 Å². The summed E-state index contributed by atoms with van der Waals surface area (Å²) in [6, 6.07) is 6.74. The van der Waals surface area contributed by atoms with Gasteiger partial charge >= 0.3 is 0 Å². The Balaban J connectivity index is 1.54. The smallest absolute Gasteiger partial charge is 0.289 e. The van der Waals surface area contributed by atoms with Gasteiger partial charge in [0.25, 0.3) is 5.91 Å². The second-order valence-corrected chi connectivity index (χ2v) is 7.77. The number of methoxy groups -OCH3 is 2. The highest BCUT2D eigenvalue weighted by Gasteiger charge is 2.45. The highest BCUT2D eigenvalue weighted by Crippen LogP contribution is 2.44. The zero-order valence-electron chi connectivity index (χ0n) is 15.6. The molecule has 148 valence electrons. The second kappa shape index (κ2) is 7.16. The van der Waals surface area contributed by atoms with E-state index in [9.17, 15) is 9.59 Å². The Kier molecular flexibility index (Phi) is 4.82. The first-order valence-electron chi connectivity index (χ1n) is 8.97. The van der Waals surface area contributed by atoms with E-state index in [2.05, 4.69) is 15.9 Å². The molecule has 0 bridgehead atoms. The van der Waals surface area contributed by atoms with Gasteiger partial charge in [0, 0.05) is 38.1 Å². The molecule has 7 nitrogen and oxygen atoms in total.